The van der Waals surface area contributed by atoms with Crippen LogP contribution < -0.4 is 10.6 Å². The summed E-state index contributed by atoms with van der Waals surface area (Å²) in [7, 11) is 0. The fraction of sp³-hybridized carbons (Fsp3) is 0.765. The molecule has 0 radical (unpaired) electrons. The van der Waals surface area contributed by atoms with Crippen LogP contribution in [0.4, 0.5) is 0 Å². The molecule has 1 amide bonds. The van der Waals surface area contributed by atoms with Gasteiger partial charge < -0.3 is 20.6 Å². The summed E-state index contributed by atoms with van der Waals surface area (Å²) in [4.78, 5) is 25.9. The number of carboxylic acid groups (broad SMARTS) is 1. The molecule has 0 aromatic rings. The number of rotatable bonds is 5. The van der Waals surface area contributed by atoms with Gasteiger partial charge in [-0.15, -0.1) is 11.8 Å². The molecule has 4 aliphatic rings. The van der Waals surface area contributed by atoms with E-state index in [9.17, 15) is 14.7 Å². The second-order valence-corrected chi connectivity index (χ2v) is 8.86. The number of amides is 1. The first kappa shape index (κ1) is 16.4. The van der Waals surface area contributed by atoms with Gasteiger partial charge in [0.15, 0.2) is 0 Å². The molecule has 4 heterocycles. The number of nitrogens with one attached hydrogen (secondary N) is 2. The maximum Gasteiger partial charge on any atom is 0.353 e. The average molecular weight is 351 g/mol. The fourth-order valence-corrected chi connectivity index (χ4v) is 6.10. The number of hydrogen-bond acceptors (Lipinski definition) is 5. The summed E-state index contributed by atoms with van der Waals surface area (Å²) in [6, 6.07) is 0.609. The first-order valence-electron chi connectivity index (χ1n) is 8.95. The van der Waals surface area contributed by atoms with Crippen molar-refractivity contribution in [3.63, 3.8) is 0 Å². The van der Waals surface area contributed by atoms with Gasteiger partial charge in [-0.3, -0.25) is 4.79 Å². The van der Waals surface area contributed by atoms with Gasteiger partial charge in [0.05, 0.1) is 6.04 Å². The molecule has 3 saturated heterocycles. The summed E-state index contributed by atoms with van der Waals surface area (Å²) in [5.41, 5.74) is 0.247. The van der Waals surface area contributed by atoms with Crippen molar-refractivity contribution in [3.8, 4) is 0 Å². The van der Waals surface area contributed by atoms with Crippen molar-refractivity contribution >= 4 is 23.6 Å². The maximum atomic E-state index is 11.8. The van der Waals surface area contributed by atoms with Crippen LogP contribution in [0.1, 0.15) is 32.6 Å². The van der Waals surface area contributed by atoms with Gasteiger partial charge in [0.25, 0.3) is 0 Å². The molecular weight excluding hydrogens is 326 g/mol. The topological polar surface area (TPSA) is 81.7 Å². The van der Waals surface area contributed by atoms with Gasteiger partial charge >= 0.3 is 5.97 Å². The standard InChI is InChI=1S/C17H25N3O3S/c1-9-13-6-14(21)20(13)15(17(22)23)16(9)24-12-5-11(19-8-12)4-10-2-3-18-7-10/h9-13,18-19H,2-8H2,1H3,(H,22,23). The van der Waals surface area contributed by atoms with E-state index in [2.05, 4.69) is 17.6 Å². The first-order chi connectivity index (χ1) is 11.5. The van der Waals surface area contributed by atoms with Gasteiger partial charge in [-0.2, -0.15) is 0 Å². The van der Waals surface area contributed by atoms with Crippen molar-refractivity contribution in [1.29, 1.82) is 0 Å². The zero-order valence-electron chi connectivity index (χ0n) is 14.0. The molecule has 5 unspecified atom stereocenters. The summed E-state index contributed by atoms with van der Waals surface area (Å²) < 4.78 is 0. The quantitative estimate of drug-likeness (QED) is 0.641. The lowest BCUT2D eigenvalue weighted by atomic mass is 9.94. The lowest BCUT2D eigenvalue weighted by Gasteiger charge is -2.37. The highest BCUT2D eigenvalue weighted by molar-refractivity contribution is 8.03. The van der Waals surface area contributed by atoms with E-state index in [0.29, 0.717) is 17.7 Å². The molecule has 5 atom stereocenters. The minimum absolute atomic E-state index is 0.0454. The molecule has 0 aromatic heterocycles. The number of aliphatic carboxylic acids is 1. The SMILES string of the molecule is CC1C(SC2CNC(CC3CCNC3)C2)=C(C(=O)O)N2C(=O)CC12. The van der Waals surface area contributed by atoms with E-state index in [1.54, 1.807) is 11.8 Å². The van der Waals surface area contributed by atoms with Crippen LogP contribution in [0.2, 0.25) is 0 Å². The third-order valence-electron chi connectivity index (χ3n) is 5.91. The monoisotopic (exact) mass is 351 g/mol. The smallest absolute Gasteiger partial charge is 0.353 e. The minimum Gasteiger partial charge on any atom is -0.477 e. The van der Waals surface area contributed by atoms with E-state index in [1.165, 1.54) is 17.7 Å². The van der Waals surface area contributed by atoms with Gasteiger partial charge in [0.1, 0.15) is 5.70 Å². The number of thioether (sulfide) groups is 1. The predicted octanol–water partition coefficient (Wildman–Crippen LogP) is 0.997. The summed E-state index contributed by atoms with van der Waals surface area (Å²) in [5, 5.41) is 17.0. The van der Waals surface area contributed by atoms with Gasteiger partial charge in [0, 0.05) is 35.1 Å². The largest absolute Gasteiger partial charge is 0.477 e. The zero-order valence-corrected chi connectivity index (χ0v) is 14.8. The predicted molar refractivity (Wildman–Crippen MR) is 92.5 cm³/mol. The van der Waals surface area contributed by atoms with E-state index < -0.39 is 5.97 Å². The minimum atomic E-state index is -0.959. The van der Waals surface area contributed by atoms with E-state index in [-0.39, 0.29) is 23.6 Å². The van der Waals surface area contributed by atoms with Crippen LogP contribution >= 0.6 is 11.8 Å². The van der Waals surface area contributed by atoms with E-state index in [0.717, 1.165) is 36.9 Å². The summed E-state index contributed by atoms with van der Waals surface area (Å²) >= 11 is 1.70. The van der Waals surface area contributed by atoms with Crippen LogP contribution in [0.5, 0.6) is 0 Å². The highest BCUT2D eigenvalue weighted by Crippen LogP contribution is 2.48. The van der Waals surface area contributed by atoms with Gasteiger partial charge in [-0.1, -0.05) is 6.92 Å². The number of hydrogen-bond donors (Lipinski definition) is 3. The lowest BCUT2D eigenvalue weighted by molar-refractivity contribution is -0.148. The van der Waals surface area contributed by atoms with Gasteiger partial charge in [0.2, 0.25) is 5.91 Å². The van der Waals surface area contributed by atoms with Crippen molar-refractivity contribution in [1.82, 2.24) is 15.5 Å². The first-order valence-corrected chi connectivity index (χ1v) is 9.82. The Balaban J connectivity index is 1.41. The molecule has 0 aromatic carbocycles. The molecule has 3 fully saturated rings. The summed E-state index contributed by atoms with van der Waals surface area (Å²) in [6.07, 6.45) is 4.04. The Kier molecular flexibility index (Phi) is 4.34. The van der Waals surface area contributed by atoms with E-state index in [4.69, 9.17) is 0 Å². The van der Waals surface area contributed by atoms with Crippen LogP contribution in [0.3, 0.4) is 0 Å². The number of nitrogens with zero attached hydrogens (tertiary/aromatic N) is 1. The molecule has 0 bridgehead atoms. The highest BCUT2D eigenvalue weighted by Gasteiger charge is 2.52. The van der Waals surface area contributed by atoms with Crippen LogP contribution in [-0.2, 0) is 9.59 Å². The van der Waals surface area contributed by atoms with Crippen LogP contribution in [0, 0.1) is 11.8 Å². The Hall–Kier alpha value is -1.05. The second kappa shape index (κ2) is 6.35. The molecule has 0 saturated carbocycles. The normalized spacial score (nSPS) is 38.6. The molecule has 132 valence electrons. The van der Waals surface area contributed by atoms with Crippen LogP contribution in [-0.4, -0.2) is 58.9 Å². The Morgan fingerprint density at radius 1 is 1.42 bits per heavy atom. The van der Waals surface area contributed by atoms with Crippen molar-refractivity contribution in [2.24, 2.45) is 11.8 Å². The zero-order chi connectivity index (χ0) is 16.8. The van der Waals surface area contributed by atoms with Crippen molar-refractivity contribution in [2.45, 2.75) is 49.9 Å². The van der Waals surface area contributed by atoms with E-state index in [1.807, 2.05) is 0 Å². The number of carbonyl (C=O) groups excluding carboxylic acids is 1. The number of β-lactam (4-membered cyclic amide) rings is 1. The second-order valence-electron chi connectivity index (χ2n) is 7.52. The molecule has 7 heteroatoms. The van der Waals surface area contributed by atoms with Crippen molar-refractivity contribution in [2.75, 3.05) is 19.6 Å². The third kappa shape index (κ3) is 2.76. The summed E-state index contributed by atoms with van der Waals surface area (Å²) in [6.45, 7) is 5.25. The highest BCUT2D eigenvalue weighted by atomic mass is 32.2. The van der Waals surface area contributed by atoms with Crippen LogP contribution in [0.25, 0.3) is 0 Å². The van der Waals surface area contributed by atoms with Gasteiger partial charge in [-0.25, -0.2) is 4.79 Å². The molecule has 6 nitrogen and oxygen atoms in total. The van der Waals surface area contributed by atoms with Crippen molar-refractivity contribution < 1.29 is 14.7 Å². The molecule has 4 aliphatic heterocycles. The Labute approximate surface area is 146 Å². The molecule has 0 spiro atoms. The van der Waals surface area contributed by atoms with Crippen molar-refractivity contribution in [3.05, 3.63) is 10.6 Å². The maximum absolute atomic E-state index is 11.8. The molecule has 24 heavy (non-hydrogen) atoms. The average Bonchev–Trinajstić information content (AvgIpc) is 3.23. The molecule has 4 rings (SSSR count). The molecule has 3 N–H and O–H groups in total. The Bertz CT molecular complexity index is 588. The van der Waals surface area contributed by atoms with Gasteiger partial charge in [-0.05, 0) is 38.3 Å². The lowest BCUT2D eigenvalue weighted by Crippen LogP contribution is -2.51. The third-order valence-corrected chi connectivity index (χ3v) is 7.42. The molecule has 0 aliphatic carbocycles. The number of carbonyl (C=O) groups is 2. The molecular formula is C17H25N3O3S. The number of carboxylic acids is 1. The Morgan fingerprint density at radius 3 is 2.92 bits per heavy atom. The Morgan fingerprint density at radius 2 is 2.25 bits per heavy atom. The summed E-state index contributed by atoms with van der Waals surface area (Å²) in [5.74, 6) is -0.0858. The van der Waals surface area contributed by atoms with E-state index >= 15 is 0 Å². The number of fused-ring (bicyclic) bond motifs is 1. The fourth-order valence-electron chi connectivity index (χ4n) is 4.56. The van der Waals surface area contributed by atoms with Crippen LogP contribution in [0.15, 0.2) is 10.6 Å².